The number of pyridine rings is 1. The maximum Gasteiger partial charge on any atom is 0.290 e. The molecule has 0 radical (unpaired) electrons. The van der Waals surface area contributed by atoms with E-state index in [1.807, 2.05) is 24.3 Å². The summed E-state index contributed by atoms with van der Waals surface area (Å²) in [6.45, 7) is 2.83. The van der Waals surface area contributed by atoms with E-state index in [1.165, 1.54) is 11.6 Å². The van der Waals surface area contributed by atoms with Crippen LogP contribution in [0.3, 0.4) is 0 Å². The Kier molecular flexibility index (Phi) is 7.23. The largest absolute Gasteiger partial charge is 0.455 e. The number of amides is 1. The molecule has 0 spiro atoms. The zero-order valence-corrected chi connectivity index (χ0v) is 19.7. The van der Waals surface area contributed by atoms with E-state index in [-0.39, 0.29) is 28.1 Å². The molecule has 174 valence electrons. The highest BCUT2D eigenvalue weighted by Crippen LogP contribution is 2.21. The Balaban J connectivity index is 1.55. The minimum Gasteiger partial charge on any atom is -0.455 e. The molecule has 0 saturated carbocycles. The summed E-state index contributed by atoms with van der Waals surface area (Å²) in [6, 6.07) is 23.2. The molecule has 2 aromatic heterocycles. The van der Waals surface area contributed by atoms with Crippen molar-refractivity contribution in [3.63, 3.8) is 0 Å². The highest BCUT2D eigenvalue weighted by Gasteiger charge is 2.23. The van der Waals surface area contributed by atoms with Crippen molar-refractivity contribution < 1.29 is 17.6 Å². The standard InChI is InChI=1S/C27H26N2O4S/c1-2-21-10-12-22(13-11-21)18-29(19-23-7-6-16-28-17-23)27(30)26-15-14-24(33-26)20-34(31,32)25-8-4-3-5-9-25/h3-17H,2,18-20H2,1H3. The van der Waals surface area contributed by atoms with Crippen LogP contribution in [0.4, 0.5) is 0 Å². The molecule has 6 nitrogen and oxygen atoms in total. The SMILES string of the molecule is CCc1ccc(CN(Cc2cccnc2)C(=O)c2ccc(CS(=O)(=O)c3ccccc3)o2)cc1. The molecule has 2 aromatic carbocycles. The minimum absolute atomic E-state index is 0.104. The van der Waals surface area contributed by atoms with Gasteiger partial charge >= 0.3 is 0 Å². The third-order valence-corrected chi connectivity index (χ3v) is 7.15. The third-order valence-electron chi connectivity index (χ3n) is 5.50. The summed E-state index contributed by atoms with van der Waals surface area (Å²) in [5.41, 5.74) is 3.11. The van der Waals surface area contributed by atoms with E-state index in [2.05, 4.69) is 24.0 Å². The van der Waals surface area contributed by atoms with Crippen LogP contribution in [0.25, 0.3) is 0 Å². The second-order valence-electron chi connectivity index (χ2n) is 8.03. The summed E-state index contributed by atoms with van der Waals surface area (Å²) in [5.74, 6) is -0.300. The number of nitrogens with zero attached hydrogens (tertiary/aromatic N) is 2. The Morgan fingerprint density at radius 1 is 0.853 bits per heavy atom. The van der Waals surface area contributed by atoms with Crippen LogP contribution in [0.15, 0.2) is 101 Å². The van der Waals surface area contributed by atoms with E-state index in [9.17, 15) is 13.2 Å². The molecule has 7 heteroatoms. The Bertz CT molecular complexity index is 1330. The first-order chi connectivity index (χ1) is 16.4. The van der Waals surface area contributed by atoms with Crippen LogP contribution in [-0.4, -0.2) is 24.2 Å². The van der Waals surface area contributed by atoms with Crippen LogP contribution in [0, 0.1) is 0 Å². The number of rotatable bonds is 9. The molecule has 4 aromatic rings. The summed E-state index contributed by atoms with van der Waals surface area (Å²) in [7, 11) is -3.58. The summed E-state index contributed by atoms with van der Waals surface area (Å²) < 4.78 is 31.1. The number of sulfone groups is 1. The maximum atomic E-state index is 13.4. The van der Waals surface area contributed by atoms with Crippen molar-refractivity contribution in [3.8, 4) is 0 Å². The van der Waals surface area contributed by atoms with Crippen molar-refractivity contribution in [1.29, 1.82) is 0 Å². The van der Waals surface area contributed by atoms with Gasteiger partial charge in [0.15, 0.2) is 15.6 Å². The molecule has 4 rings (SSSR count). The monoisotopic (exact) mass is 474 g/mol. The van der Waals surface area contributed by atoms with Gasteiger partial charge in [0.05, 0.1) is 4.90 Å². The highest BCUT2D eigenvalue weighted by atomic mass is 32.2. The molecular formula is C27H26N2O4S. The van der Waals surface area contributed by atoms with Crippen molar-refractivity contribution in [1.82, 2.24) is 9.88 Å². The number of benzene rings is 2. The van der Waals surface area contributed by atoms with Gasteiger partial charge in [-0.2, -0.15) is 0 Å². The van der Waals surface area contributed by atoms with E-state index in [0.717, 1.165) is 17.5 Å². The van der Waals surface area contributed by atoms with Crippen LogP contribution >= 0.6 is 0 Å². The van der Waals surface area contributed by atoms with Crippen LogP contribution < -0.4 is 0 Å². The van der Waals surface area contributed by atoms with Crippen LogP contribution in [-0.2, 0) is 35.1 Å². The molecule has 34 heavy (non-hydrogen) atoms. The first kappa shape index (κ1) is 23.4. The van der Waals surface area contributed by atoms with Crippen molar-refractivity contribution >= 4 is 15.7 Å². The predicted octanol–water partition coefficient (Wildman–Crippen LogP) is 5.05. The third kappa shape index (κ3) is 5.80. The lowest BCUT2D eigenvalue weighted by Gasteiger charge is -2.22. The highest BCUT2D eigenvalue weighted by molar-refractivity contribution is 7.90. The number of hydrogen-bond acceptors (Lipinski definition) is 5. The Hall–Kier alpha value is -3.71. The van der Waals surface area contributed by atoms with Gasteiger partial charge in [0.25, 0.3) is 5.91 Å². The fourth-order valence-electron chi connectivity index (χ4n) is 3.64. The second-order valence-corrected chi connectivity index (χ2v) is 10.0. The quantitative estimate of drug-likeness (QED) is 0.339. The van der Waals surface area contributed by atoms with Gasteiger partial charge in [-0.25, -0.2) is 8.42 Å². The Labute approximate surface area is 199 Å². The van der Waals surface area contributed by atoms with Gasteiger partial charge in [-0.15, -0.1) is 0 Å². The summed E-state index contributed by atoms with van der Waals surface area (Å²) in [5, 5.41) is 0. The number of hydrogen-bond donors (Lipinski definition) is 0. The average molecular weight is 475 g/mol. The van der Waals surface area contributed by atoms with Crippen molar-refractivity contribution in [2.24, 2.45) is 0 Å². The minimum atomic E-state index is -3.58. The van der Waals surface area contributed by atoms with Crippen LogP contribution in [0.1, 0.15) is 39.9 Å². The van der Waals surface area contributed by atoms with E-state index in [1.54, 1.807) is 53.7 Å². The number of carbonyl (C=O) groups is 1. The normalized spacial score (nSPS) is 11.3. The fourth-order valence-corrected chi connectivity index (χ4v) is 4.91. The lowest BCUT2D eigenvalue weighted by atomic mass is 10.1. The average Bonchev–Trinajstić information content (AvgIpc) is 3.32. The molecule has 0 unspecified atom stereocenters. The summed E-state index contributed by atoms with van der Waals surface area (Å²) >= 11 is 0. The van der Waals surface area contributed by atoms with Gasteiger partial charge in [0.1, 0.15) is 11.5 Å². The molecule has 2 heterocycles. The van der Waals surface area contributed by atoms with Gasteiger partial charge < -0.3 is 9.32 Å². The first-order valence-corrected chi connectivity index (χ1v) is 12.7. The molecule has 0 saturated heterocycles. The molecule has 0 aliphatic heterocycles. The zero-order chi connectivity index (χ0) is 24.0. The van der Waals surface area contributed by atoms with Gasteiger partial charge in [-0.1, -0.05) is 55.5 Å². The topological polar surface area (TPSA) is 80.5 Å². The molecule has 0 N–H and O–H groups in total. The van der Waals surface area contributed by atoms with Crippen molar-refractivity contribution in [2.45, 2.75) is 37.1 Å². The molecule has 0 aliphatic carbocycles. The number of aromatic nitrogens is 1. The number of aryl methyl sites for hydroxylation is 1. The van der Waals surface area contributed by atoms with E-state index >= 15 is 0 Å². The first-order valence-electron chi connectivity index (χ1n) is 11.1. The summed E-state index contributed by atoms with van der Waals surface area (Å²) in [6.07, 6.45) is 4.35. The van der Waals surface area contributed by atoms with Gasteiger partial charge in [-0.05, 0) is 53.4 Å². The van der Waals surface area contributed by atoms with Gasteiger partial charge in [-0.3, -0.25) is 9.78 Å². The summed E-state index contributed by atoms with van der Waals surface area (Å²) in [4.78, 5) is 19.4. The zero-order valence-electron chi connectivity index (χ0n) is 18.9. The second kappa shape index (κ2) is 10.5. The lowest BCUT2D eigenvalue weighted by molar-refractivity contribution is 0.0696. The van der Waals surface area contributed by atoms with Crippen molar-refractivity contribution in [2.75, 3.05) is 0 Å². The molecule has 0 fully saturated rings. The molecule has 1 amide bonds. The van der Waals surface area contributed by atoms with E-state index in [0.29, 0.717) is 13.1 Å². The maximum absolute atomic E-state index is 13.4. The molecule has 0 bridgehead atoms. The lowest BCUT2D eigenvalue weighted by Crippen LogP contribution is -2.30. The smallest absolute Gasteiger partial charge is 0.290 e. The fraction of sp³-hybridized carbons (Fsp3) is 0.185. The van der Waals surface area contributed by atoms with Gasteiger partial charge in [0.2, 0.25) is 0 Å². The number of furan rings is 1. The molecule has 0 atom stereocenters. The molecule has 0 aliphatic rings. The van der Waals surface area contributed by atoms with E-state index < -0.39 is 9.84 Å². The molecular weight excluding hydrogens is 448 g/mol. The van der Waals surface area contributed by atoms with E-state index in [4.69, 9.17) is 4.42 Å². The number of carbonyl (C=O) groups excluding carboxylic acids is 1. The Morgan fingerprint density at radius 3 is 2.24 bits per heavy atom. The van der Waals surface area contributed by atoms with Crippen LogP contribution in [0.5, 0.6) is 0 Å². The Morgan fingerprint density at radius 2 is 1.56 bits per heavy atom. The van der Waals surface area contributed by atoms with Crippen LogP contribution in [0.2, 0.25) is 0 Å². The van der Waals surface area contributed by atoms with Crippen molar-refractivity contribution in [3.05, 3.63) is 119 Å². The van der Waals surface area contributed by atoms with Gasteiger partial charge in [0, 0.05) is 25.5 Å². The predicted molar refractivity (Wildman–Crippen MR) is 130 cm³/mol.